The number of aromatic nitrogens is 3. The highest BCUT2D eigenvalue weighted by atomic mass is 16.4. The normalized spacial score (nSPS) is 10.7. The summed E-state index contributed by atoms with van der Waals surface area (Å²) >= 11 is 0. The van der Waals surface area contributed by atoms with Gasteiger partial charge in [0.1, 0.15) is 12.0 Å². The van der Waals surface area contributed by atoms with E-state index in [-0.39, 0.29) is 6.42 Å². The first-order valence-corrected chi connectivity index (χ1v) is 5.83. The lowest BCUT2D eigenvalue weighted by molar-refractivity contribution is -0.136. The van der Waals surface area contributed by atoms with E-state index in [0.717, 1.165) is 27.9 Å². The number of fused-ring (bicyclic) bond motifs is 1. The number of H-pyrrole nitrogens is 1. The molecule has 0 amide bonds. The quantitative estimate of drug-likeness (QED) is 0.750. The standard InChI is InChI=1S/C14H11N3O2/c18-12(19)7-9-2-1-3-10(6-9)13-11-4-5-15-14(11)17-8-16-13/h1-6,8H,7H2,(H,18,19)(H,15,16,17). The highest BCUT2D eigenvalue weighted by Crippen LogP contribution is 2.25. The molecule has 0 unspecified atom stereocenters. The minimum atomic E-state index is -0.841. The summed E-state index contributed by atoms with van der Waals surface area (Å²) in [5.74, 6) is -0.841. The summed E-state index contributed by atoms with van der Waals surface area (Å²) in [6.45, 7) is 0. The van der Waals surface area contributed by atoms with Crippen molar-refractivity contribution in [1.29, 1.82) is 0 Å². The van der Waals surface area contributed by atoms with Crippen molar-refractivity contribution in [3.8, 4) is 11.3 Å². The Morgan fingerprint density at radius 2 is 2.16 bits per heavy atom. The summed E-state index contributed by atoms with van der Waals surface area (Å²) < 4.78 is 0. The summed E-state index contributed by atoms with van der Waals surface area (Å²) in [6.07, 6.45) is 3.32. The zero-order chi connectivity index (χ0) is 13.2. The van der Waals surface area contributed by atoms with Crippen LogP contribution in [-0.2, 0) is 11.2 Å². The van der Waals surface area contributed by atoms with E-state index in [4.69, 9.17) is 5.11 Å². The second kappa shape index (κ2) is 4.53. The molecule has 0 saturated carbocycles. The molecule has 0 fully saturated rings. The van der Waals surface area contributed by atoms with E-state index in [1.54, 1.807) is 6.07 Å². The summed E-state index contributed by atoms with van der Waals surface area (Å²) in [5.41, 5.74) is 3.23. The molecule has 5 heteroatoms. The third kappa shape index (κ3) is 2.18. The minimum Gasteiger partial charge on any atom is -0.481 e. The van der Waals surface area contributed by atoms with Crippen molar-refractivity contribution in [2.75, 3.05) is 0 Å². The van der Waals surface area contributed by atoms with Crippen molar-refractivity contribution in [3.05, 3.63) is 48.4 Å². The number of nitrogens with zero attached hydrogens (tertiary/aromatic N) is 2. The average Bonchev–Trinajstić information content (AvgIpc) is 2.86. The Hall–Kier alpha value is -2.69. The van der Waals surface area contributed by atoms with Gasteiger partial charge in [0.2, 0.25) is 0 Å². The summed E-state index contributed by atoms with van der Waals surface area (Å²) in [5, 5.41) is 9.76. The van der Waals surface area contributed by atoms with Crippen molar-refractivity contribution in [1.82, 2.24) is 15.0 Å². The van der Waals surface area contributed by atoms with Gasteiger partial charge < -0.3 is 10.1 Å². The molecule has 3 aromatic rings. The van der Waals surface area contributed by atoms with Crippen LogP contribution in [0.15, 0.2) is 42.9 Å². The van der Waals surface area contributed by atoms with Gasteiger partial charge in [-0.15, -0.1) is 0 Å². The van der Waals surface area contributed by atoms with Crippen LogP contribution in [0.25, 0.3) is 22.3 Å². The molecule has 0 aliphatic heterocycles. The van der Waals surface area contributed by atoms with Gasteiger partial charge in [-0.05, 0) is 17.7 Å². The predicted octanol–water partition coefficient (Wildman–Crippen LogP) is 2.25. The van der Waals surface area contributed by atoms with Crippen LogP contribution in [0.2, 0.25) is 0 Å². The highest BCUT2D eigenvalue weighted by molar-refractivity contribution is 5.90. The van der Waals surface area contributed by atoms with Gasteiger partial charge in [-0.2, -0.15) is 0 Å². The Morgan fingerprint density at radius 3 is 3.00 bits per heavy atom. The lowest BCUT2D eigenvalue weighted by Gasteiger charge is -2.04. The number of carboxylic acid groups (broad SMARTS) is 1. The number of carbonyl (C=O) groups is 1. The molecule has 0 atom stereocenters. The topological polar surface area (TPSA) is 78.9 Å². The van der Waals surface area contributed by atoms with Gasteiger partial charge in [0.05, 0.1) is 12.1 Å². The van der Waals surface area contributed by atoms with Crippen molar-refractivity contribution < 1.29 is 9.90 Å². The SMILES string of the molecule is O=C(O)Cc1cccc(-c2ncnc3[nH]ccc23)c1. The molecule has 0 spiro atoms. The summed E-state index contributed by atoms with van der Waals surface area (Å²) in [6, 6.07) is 9.32. The third-order valence-electron chi connectivity index (χ3n) is 2.91. The number of benzene rings is 1. The largest absolute Gasteiger partial charge is 0.481 e. The van der Waals surface area contributed by atoms with E-state index in [1.165, 1.54) is 6.33 Å². The smallest absolute Gasteiger partial charge is 0.307 e. The second-order valence-electron chi connectivity index (χ2n) is 4.23. The zero-order valence-corrected chi connectivity index (χ0v) is 10.00. The maximum atomic E-state index is 10.8. The first kappa shape index (κ1) is 11.4. The molecule has 19 heavy (non-hydrogen) atoms. The molecule has 2 heterocycles. The molecule has 5 nitrogen and oxygen atoms in total. The van der Waals surface area contributed by atoms with E-state index < -0.39 is 5.97 Å². The molecule has 2 aromatic heterocycles. The van der Waals surface area contributed by atoms with Gasteiger partial charge in [0, 0.05) is 17.1 Å². The molecule has 0 saturated heterocycles. The van der Waals surface area contributed by atoms with Crippen LogP contribution >= 0.6 is 0 Å². The molecule has 1 aromatic carbocycles. The number of rotatable bonds is 3. The number of aromatic amines is 1. The Bertz CT molecular complexity index is 749. The molecular formula is C14H11N3O2. The van der Waals surface area contributed by atoms with E-state index in [1.807, 2.05) is 30.5 Å². The summed E-state index contributed by atoms with van der Waals surface area (Å²) in [4.78, 5) is 22.2. The van der Waals surface area contributed by atoms with Gasteiger partial charge in [-0.1, -0.05) is 18.2 Å². The molecule has 0 radical (unpaired) electrons. The number of carboxylic acids is 1. The van der Waals surface area contributed by atoms with E-state index >= 15 is 0 Å². The van der Waals surface area contributed by atoms with Gasteiger partial charge in [-0.3, -0.25) is 4.79 Å². The lowest BCUT2D eigenvalue weighted by Crippen LogP contribution is -2.00. The van der Waals surface area contributed by atoms with Gasteiger partial charge >= 0.3 is 5.97 Å². The maximum Gasteiger partial charge on any atom is 0.307 e. The van der Waals surface area contributed by atoms with E-state index in [0.29, 0.717) is 0 Å². The molecule has 0 aliphatic carbocycles. The lowest BCUT2D eigenvalue weighted by atomic mass is 10.0. The van der Waals surface area contributed by atoms with Crippen LogP contribution in [0.1, 0.15) is 5.56 Å². The van der Waals surface area contributed by atoms with E-state index in [2.05, 4.69) is 15.0 Å². The summed E-state index contributed by atoms with van der Waals surface area (Å²) in [7, 11) is 0. The first-order chi connectivity index (χ1) is 9.24. The van der Waals surface area contributed by atoms with Crippen molar-refractivity contribution in [2.24, 2.45) is 0 Å². The molecule has 94 valence electrons. The molecule has 2 N–H and O–H groups in total. The Balaban J connectivity index is 2.11. The number of hydrogen-bond donors (Lipinski definition) is 2. The Morgan fingerprint density at radius 1 is 1.26 bits per heavy atom. The Labute approximate surface area is 109 Å². The fraction of sp³-hybridized carbons (Fsp3) is 0.0714. The zero-order valence-electron chi connectivity index (χ0n) is 10.00. The number of aliphatic carboxylic acids is 1. The van der Waals surface area contributed by atoms with E-state index in [9.17, 15) is 4.79 Å². The van der Waals surface area contributed by atoms with Crippen LogP contribution in [0.5, 0.6) is 0 Å². The predicted molar refractivity (Wildman–Crippen MR) is 70.7 cm³/mol. The number of hydrogen-bond acceptors (Lipinski definition) is 3. The monoisotopic (exact) mass is 253 g/mol. The van der Waals surface area contributed by atoms with Crippen molar-refractivity contribution in [2.45, 2.75) is 6.42 Å². The first-order valence-electron chi connectivity index (χ1n) is 5.83. The average molecular weight is 253 g/mol. The third-order valence-corrected chi connectivity index (χ3v) is 2.91. The van der Waals surface area contributed by atoms with Crippen LogP contribution in [-0.4, -0.2) is 26.0 Å². The van der Waals surface area contributed by atoms with Crippen LogP contribution in [0.4, 0.5) is 0 Å². The van der Waals surface area contributed by atoms with Crippen LogP contribution in [0, 0.1) is 0 Å². The molecule has 3 rings (SSSR count). The van der Waals surface area contributed by atoms with Crippen molar-refractivity contribution in [3.63, 3.8) is 0 Å². The maximum absolute atomic E-state index is 10.8. The second-order valence-corrected chi connectivity index (χ2v) is 4.23. The van der Waals surface area contributed by atoms with Gasteiger partial charge in [-0.25, -0.2) is 9.97 Å². The van der Waals surface area contributed by atoms with Gasteiger partial charge in [0.15, 0.2) is 0 Å². The fourth-order valence-corrected chi connectivity index (χ4v) is 2.11. The highest BCUT2D eigenvalue weighted by Gasteiger charge is 2.08. The van der Waals surface area contributed by atoms with Gasteiger partial charge in [0.25, 0.3) is 0 Å². The van der Waals surface area contributed by atoms with Crippen LogP contribution < -0.4 is 0 Å². The van der Waals surface area contributed by atoms with Crippen molar-refractivity contribution >= 4 is 17.0 Å². The fourth-order valence-electron chi connectivity index (χ4n) is 2.11. The minimum absolute atomic E-state index is 0.00913. The molecular weight excluding hydrogens is 242 g/mol. The molecule has 0 aliphatic rings. The Kier molecular flexibility index (Phi) is 2.72. The molecule has 0 bridgehead atoms. The van der Waals surface area contributed by atoms with Crippen LogP contribution in [0.3, 0.4) is 0 Å². The number of nitrogens with one attached hydrogen (secondary N) is 1.